The summed E-state index contributed by atoms with van der Waals surface area (Å²) in [5, 5.41) is 8.03. The summed E-state index contributed by atoms with van der Waals surface area (Å²) < 4.78 is 1.92. The lowest BCUT2D eigenvalue weighted by Gasteiger charge is -2.19. The number of nitrogens with zero attached hydrogens (tertiary/aromatic N) is 2. The summed E-state index contributed by atoms with van der Waals surface area (Å²) in [6.07, 6.45) is 4.09. The summed E-state index contributed by atoms with van der Waals surface area (Å²) in [4.78, 5) is 1.27. The molecule has 19 heavy (non-hydrogen) atoms. The third-order valence-electron chi connectivity index (χ3n) is 2.78. The lowest BCUT2D eigenvalue weighted by atomic mass is 10.1. The van der Waals surface area contributed by atoms with Gasteiger partial charge in [-0.2, -0.15) is 5.10 Å². The van der Waals surface area contributed by atoms with Crippen LogP contribution in [0, 0.1) is 0 Å². The number of rotatable bonds is 4. The molecule has 0 fully saturated rings. The molecule has 1 aromatic heterocycles. The first-order valence-electron chi connectivity index (χ1n) is 6.42. The molecule has 4 heteroatoms. The Kier molecular flexibility index (Phi) is 4.32. The molecule has 0 aliphatic heterocycles. The van der Waals surface area contributed by atoms with Crippen molar-refractivity contribution in [2.45, 2.75) is 37.8 Å². The van der Waals surface area contributed by atoms with E-state index >= 15 is 0 Å². The molecule has 0 atom stereocenters. The van der Waals surface area contributed by atoms with Gasteiger partial charge in [-0.05, 0) is 57.4 Å². The summed E-state index contributed by atoms with van der Waals surface area (Å²) >= 11 is 1.75. The number of hydrogen-bond donors (Lipinski definition) is 1. The predicted octanol–water partition coefficient (Wildman–Crippen LogP) is 3.48. The van der Waals surface area contributed by atoms with Gasteiger partial charge < -0.3 is 5.32 Å². The van der Waals surface area contributed by atoms with E-state index < -0.39 is 0 Å². The minimum atomic E-state index is 0.115. The molecule has 1 heterocycles. The Balaban J connectivity index is 2.07. The van der Waals surface area contributed by atoms with E-state index in [9.17, 15) is 0 Å². The molecule has 0 aliphatic rings. The molecular formula is C15H21N3S. The average molecular weight is 275 g/mol. The van der Waals surface area contributed by atoms with Crippen LogP contribution >= 0.6 is 11.8 Å². The fourth-order valence-electron chi connectivity index (χ4n) is 1.69. The standard InChI is InChI=1S/C15H21N3S/c1-15(2,3)16-11-12-9-10-18(17-12)13-5-7-14(19-4)8-6-13/h5-10,16H,11H2,1-4H3. The maximum absolute atomic E-state index is 4.59. The van der Waals surface area contributed by atoms with Crippen LogP contribution in [0.3, 0.4) is 0 Å². The van der Waals surface area contributed by atoms with Gasteiger partial charge in [0.15, 0.2) is 0 Å². The smallest absolute Gasteiger partial charge is 0.0767 e. The monoisotopic (exact) mass is 275 g/mol. The van der Waals surface area contributed by atoms with E-state index in [1.807, 2.05) is 10.9 Å². The van der Waals surface area contributed by atoms with E-state index in [1.165, 1.54) is 4.90 Å². The number of thioether (sulfide) groups is 1. The molecule has 3 nitrogen and oxygen atoms in total. The molecule has 0 aliphatic carbocycles. The van der Waals surface area contributed by atoms with Crippen LogP contribution in [0.2, 0.25) is 0 Å². The molecule has 0 spiro atoms. The molecule has 0 amide bonds. The Morgan fingerprint density at radius 2 is 1.84 bits per heavy atom. The van der Waals surface area contributed by atoms with Gasteiger partial charge >= 0.3 is 0 Å². The summed E-state index contributed by atoms with van der Waals surface area (Å²) in [7, 11) is 0. The van der Waals surface area contributed by atoms with Crippen LogP contribution in [0.4, 0.5) is 0 Å². The lowest BCUT2D eigenvalue weighted by Crippen LogP contribution is -2.35. The largest absolute Gasteiger partial charge is 0.306 e. The second-order valence-corrected chi connectivity index (χ2v) is 6.43. The molecule has 0 saturated carbocycles. The van der Waals surface area contributed by atoms with E-state index in [4.69, 9.17) is 0 Å². The minimum absolute atomic E-state index is 0.115. The van der Waals surface area contributed by atoms with Crippen molar-refractivity contribution >= 4 is 11.8 Å². The van der Waals surface area contributed by atoms with Gasteiger partial charge in [0.25, 0.3) is 0 Å². The highest BCUT2D eigenvalue weighted by molar-refractivity contribution is 7.98. The highest BCUT2D eigenvalue weighted by atomic mass is 32.2. The van der Waals surface area contributed by atoms with E-state index in [-0.39, 0.29) is 5.54 Å². The lowest BCUT2D eigenvalue weighted by molar-refractivity contribution is 0.420. The summed E-state index contributed by atoms with van der Waals surface area (Å²) in [6, 6.07) is 10.5. The predicted molar refractivity (Wildman–Crippen MR) is 81.9 cm³/mol. The van der Waals surface area contributed by atoms with Crippen LogP contribution in [0.15, 0.2) is 41.4 Å². The fourth-order valence-corrected chi connectivity index (χ4v) is 2.10. The van der Waals surface area contributed by atoms with E-state index in [0.717, 1.165) is 17.9 Å². The molecule has 2 rings (SSSR count). The van der Waals surface area contributed by atoms with Crippen molar-refractivity contribution in [1.82, 2.24) is 15.1 Å². The quantitative estimate of drug-likeness (QED) is 0.866. The number of aromatic nitrogens is 2. The van der Waals surface area contributed by atoms with Gasteiger partial charge in [-0.25, -0.2) is 4.68 Å². The zero-order valence-electron chi connectivity index (χ0n) is 12.0. The average Bonchev–Trinajstić information content (AvgIpc) is 2.84. The highest BCUT2D eigenvalue weighted by Crippen LogP contribution is 2.17. The Bertz CT molecular complexity index is 523. The zero-order chi connectivity index (χ0) is 13.9. The molecule has 0 unspecified atom stereocenters. The maximum atomic E-state index is 4.59. The van der Waals surface area contributed by atoms with Crippen molar-refractivity contribution < 1.29 is 0 Å². The van der Waals surface area contributed by atoms with Gasteiger partial charge in [0.05, 0.1) is 11.4 Å². The molecular weight excluding hydrogens is 254 g/mol. The minimum Gasteiger partial charge on any atom is -0.306 e. The normalized spacial score (nSPS) is 11.8. The summed E-state index contributed by atoms with van der Waals surface area (Å²) in [6.45, 7) is 7.26. The second-order valence-electron chi connectivity index (χ2n) is 5.55. The number of benzene rings is 1. The summed E-state index contributed by atoms with van der Waals surface area (Å²) in [5.41, 5.74) is 2.27. The van der Waals surface area contributed by atoms with Crippen LogP contribution in [-0.4, -0.2) is 21.6 Å². The SMILES string of the molecule is CSc1ccc(-n2ccc(CNC(C)(C)C)n2)cc1. The maximum Gasteiger partial charge on any atom is 0.0767 e. The van der Waals surface area contributed by atoms with Crippen LogP contribution in [-0.2, 0) is 6.54 Å². The Morgan fingerprint density at radius 1 is 1.16 bits per heavy atom. The highest BCUT2D eigenvalue weighted by Gasteiger charge is 2.09. The van der Waals surface area contributed by atoms with Gasteiger partial charge in [-0.15, -0.1) is 11.8 Å². The van der Waals surface area contributed by atoms with Gasteiger partial charge in [-0.1, -0.05) is 0 Å². The van der Waals surface area contributed by atoms with Crippen molar-refractivity contribution in [3.63, 3.8) is 0 Å². The first-order chi connectivity index (χ1) is 8.98. The third kappa shape index (κ3) is 4.11. The van der Waals surface area contributed by atoms with E-state index in [0.29, 0.717) is 0 Å². The first kappa shape index (κ1) is 14.2. The number of nitrogens with one attached hydrogen (secondary N) is 1. The van der Waals surface area contributed by atoms with Crippen molar-refractivity contribution in [2.75, 3.05) is 6.26 Å². The van der Waals surface area contributed by atoms with Crippen molar-refractivity contribution in [1.29, 1.82) is 0 Å². The van der Waals surface area contributed by atoms with Gasteiger partial charge in [0.1, 0.15) is 0 Å². The van der Waals surface area contributed by atoms with Crippen molar-refractivity contribution in [3.8, 4) is 5.69 Å². The molecule has 102 valence electrons. The molecule has 1 aromatic carbocycles. The zero-order valence-corrected chi connectivity index (χ0v) is 12.8. The van der Waals surface area contributed by atoms with Crippen LogP contribution in [0.5, 0.6) is 0 Å². The Labute approximate surface area is 119 Å². The Morgan fingerprint density at radius 3 is 2.42 bits per heavy atom. The molecule has 0 bridgehead atoms. The first-order valence-corrected chi connectivity index (χ1v) is 7.64. The van der Waals surface area contributed by atoms with E-state index in [2.05, 4.69) is 67.8 Å². The Hall–Kier alpha value is -1.26. The van der Waals surface area contributed by atoms with Gasteiger partial charge in [-0.3, -0.25) is 0 Å². The van der Waals surface area contributed by atoms with E-state index in [1.54, 1.807) is 11.8 Å². The molecule has 0 radical (unpaired) electrons. The molecule has 1 N–H and O–H groups in total. The van der Waals surface area contributed by atoms with Crippen LogP contribution < -0.4 is 5.32 Å². The second kappa shape index (κ2) is 5.80. The summed E-state index contributed by atoms with van der Waals surface area (Å²) in [5.74, 6) is 0. The molecule has 0 saturated heterocycles. The fraction of sp³-hybridized carbons (Fsp3) is 0.400. The van der Waals surface area contributed by atoms with Crippen LogP contribution in [0.25, 0.3) is 5.69 Å². The van der Waals surface area contributed by atoms with Crippen molar-refractivity contribution in [3.05, 3.63) is 42.2 Å². The van der Waals surface area contributed by atoms with Crippen molar-refractivity contribution in [2.24, 2.45) is 0 Å². The number of hydrogen-bond acceptors (Lipinski definition) is 3. The molecule has 2 aromatic rings. The topological polar surface area (TPSA) is 29.9 Å². The van der Waals surface area contributed by atoms with Crippen LogP contribution in [0.1, 0.15) is 26.5 Å². The van der Waals surface area contributed by atoms with Gasteiger partial charge in [0, 0.05) is 23.2 Å². The van der Waals surface area contributed by atoms with Gasteiger partial charge in [0.2, 0.25) is 0 Å². The third-order valence-corrected chi connectivity index (χ3v) is 3.52.